The molecule has 1 unspecified atom stereocenters. The molecule has 3 rings (SSSR count). The van der Waals surface area contributed by atoms with Gasteiger partial charge in [0.05, 0.1) is 12.7 Å². The number of nitrogens with one attached hydrogen (secondary N) is 3. The van der Waals surface area contributed by atoms with Crippen molar-refractivity contribution >= 4 is 23.5 Å². The Balaban J connectivity index is 1.56. The summed E-state index contributed by atoms with van der Waals surface area (Å²) < 4.78 is 69.6. The molecule has 1 saturated heterocycles. The van der Waals surface area contributed by atoms with E-state index in [2.05, 4.69) is 5.32 Å². The Labute approximate surface area is 190 Å². The van der Waals surface area contributed by atoms with Crippen LogP contribution in [0.15, 0.2) is 42.5 Å². The molecule has 2 aromatic rings. The average molecular weight is 486 g/mol. The predicted octanol–water partition coefficient (Wildman–Crippen LogP) is 2.76. The van der Waals surface area contributed by atoms with Gasteiger partial charge in [-0.15, -0.1) is 0 Å². The average Bonchev–Trinajstić information content (AvgIpc) is 2.79. The Hall–Kier alpha value is -3.74. The molecular formula is C21H19F5N4O4. The molecule has 1 fully saturated rings. The second kappa shape index (κ2) is 10.5. The second-order valence-corrected chi connectivity index (χ2v) is 7.29. The number of hydrogen-bond acceptors (Lipinski definition) is 4. The molecule has 4 amide bonds. The number of urea groups is 1. The van der Waals surface area contributed by atoms with Gasteiger partial charge in [-0.2, -0.15) is 13.2 Å². The zero-order valence-electron chi connectivity index (χ0n) is 17.4. The molecule has 182 valence electrons. The number of amides is 4. The summed E-state index contributed by atoms with van der Waals surface area (Å²) in [6.07, 6.45) is -5.70. The van der Waals surface area contributed by atoms with E-state index in [1.165, 1.54) is 46.7 Å². The molecule has 34 heavy (non-hydrogen) atoms. The molecule has 0 bridgehead atoms. The summed E-state index contributed by atoms with van der Waals surface area (Å²) in [6, 6.07) is 8.04. The fourth-order valence-electron chi connectivity index (χ4n) is 3.12. The maximum Gasteiger partial charge on any atom is 0.472 e. The Morgan fingerprint density at radius 2 is 1.74 bits per heavy atom. The molecule has 0 radical (unpaired) electrons. The van der Waals surface area contributed by atoms with E-state index in [1.807, 2.05) is 0 Å². The van der Waals surface area contributed by atoms with Crippen molar-refractivity contribution in [3.63, 3.8) is 0 Å². The Morgan fingerprint density at radius 3 is 2.38 bits per heavy atom. The summed E-state index contributed by atoms with van der Waals surface area (Å²) >= 11 is 0. The predicted molar refractivity (Wildman–Crippen MR) is 108 cm³/mol. The van der Waals surface area contributed by atoms with Gasteiger partial charge in [0.15, 0.2) is 0 Å². The Bertz CT molecular complexity index is 1060. The molecule has 13 heteroatoms. The van der Waals surface area contributed by atoms with Gasteiger partial charge in [-0.05, 0) is 42.0 Å². The van der Waals surface area contributed by atoms with Crippen molar-refractivity contribution in [2.45, 2.75) is 18.7 Å². The lowest BCUT2D eigenvalue weighted by molar-refractivity contribution is -0.174. The van der Waals surface area contributed by atoms with Gasteiger partial charge in [0.25, 0.3) is 5.91 Å². The molecule has 3 N–H and O–H groups in total. The van der Waals surface area contributed by atoms with Crippen LogP contribution in [0.25, 0.3) is 0 Å². The highest BCUT2D eigenvalue weighted by Crippen LogP contribution is 2.18. The lowest BCUT2D eigenvalue weighted by atomic mass is 10.0. The van der Waals surface area contributed by atoms with Crippen LogP contribution in [0.4, 0.5) is 32.4 Å². The van der Waals surface area contributed by atoms with E-state index in [0.717, 1.165) is 6.07 Å². The monoisotopic (exact) mass is 486 g/mol. The van der Waals surface area contributed by atoms with E-state index in [4.69, 9.17) is 4.74 Å². The number of anilines is 1. The van der Waals surface area contributed by atoms with Gasteiger partial charge in [-0.3, -0.25) is 20.4 Å². The summed E-state index contributed by atoms with van der Waals surface area (Å²) in [5, 5.41) is 2.63. The standard InChI is InChI=1S/C21H19F5N4O4/c22-14-3-5-15(6-4-14)27-20(33)30-7-8-34-16(11-30)9-12-1-2-13(10-17(12)23)18(31)28-29-19(32)21(24,25)26/h1-6,10,16H,7-9,11H2,(H,27,33)(H,28,31)(H,29,32). The van der Waals surface area contributed by atoms with Crippen LogP contribution in [0.2, 0.25) is 0 Å². The number of hydrogen-bond donors (Lipinski definition) is 3. The summed E-state index contributed by atoms with van der Waals surface area (Å²) in [4.78, 5) is 36.5. The molecule has 0 spiro atoms. The van der Waals surface area contributed by atoms with Crippen molar-refractivity contribution in [3.8, 4) is 0 Å². The lowest BCUT2D eigenvalue weighted by Crippen LogP contribution is -2.48. The number of rotatable bonds is 4. The minimum absolute atomic E-state index is 0.0544. The first kappa shape index (κ1) is 24.9. The highest BCUT2D eigenvalue weighted by Gasteiger charge is 2.39. The lowest BCUT2D eigenvalue weighted by Gasteiger charge is -2.33. The third-order valence-corrected chi connectivity index (χ3v) is 4.83. The Morgan fingerprint density at radius 1 is 1.03 bits per heavy atom. The number of hydrazine groups is 1. The molecule has 8 nitrogen and oxygen atoms in total. The quantitative estimate of drug-likeness (QED) is 0.457. The van der Waals surface area contributed by atoms with Crippen molar-refractivity contribution in [3.05, 3.63) is 65.2 Å². The maximum absolute atomic E-state index is 14.5. The van der Waals surface area contributed by atoms with Gasteiger partial charge in [0.1, 0.15) is 11.6 Å². The number of morpholine rings is 1. The van der Waals surface area contributed by atoms with Gasteiger partial charge in [-0.25, -0.2) is 13.6 Å². The Kier molecular flexibility index (Phi) is 7.66. The summed E-state index contributed by atoms with van der Waals surface area (Å²) in [5.41, 5.74) is 2.99. The molecule has 1 aliphatic heterocycles. The van der Waals surface area contributed by atoms with Crippen molar-refractivity contribution in [1.82, 2.24) is 15.8 Å². The second-order valence-electron chi connectivity index (χ2n) is 7.29. The summed E-state index contributed by atoms with van der Waals surface area (Å²) in [6.45, 7) is 0.620. The van der Waals surface area contributed by atoms with E-state index in [1.54, 1.807) is 5.43 Å². The first-order chi connectivity index (χ1) is 16.0. The number of carbonyl (C=O) groups excluding carboxylic acids is 3. The van der Waals surface area contributed by atoms with Crippen LogP contribution in [-0.2, 0) is 16.0 Å². The van der Waals surface area contributed by atoms with E-state index >= 15 is 0 Å². The van der Waals surface area contributed by atoms with Gasteiger partial charge in [0.2, 0.25) is 0 Å². The van der Waals surface area contributed by atoms with Crippen LogP contribution in [0, 0.1) is 11.6 Å². The number of alkyl halides is 3. The van der Waals surface area contributed by atoms with Gasteiger partial charge < -0.3 is 15.0 Å². The summed E-state index contributed by atoms with van der Waals surface area (Å²) in [7, 11) is 0. The molecule has 2 aromatic carbocycles. The van der Waals surface area contributed by atoms with Crippen molar-refractivity contribution in [1.29, 1.82) is 0 Å². The zero-order valence-corrected chi connectivity index (χ0v) is 17.4. The molecule has 0 saturated carbocycles. The number of carbonyl (C=O) groups is 3. The van der Waals surface area contributed by atoms with Crippen LogP contribution >= 0.6 is 0 Å². The first-order valence-electron chi connectivity index (χ1n) is 9.92. The highest BCUT2D eigenvalue weighted by molar-refractivity contribution is 5.96. The fourth-order valence-corrected chi connectivity index (χ4v) is 3.12. The van der Waals surface area contributed by atoms with Gasteiger partial charge >= 0.3 is 18.1 Å². The molecule has 1 atom stereocenters. The van der Waals surface area contributed by atoms with E-state index in [-0.39, 0.29) is 37.2 Å². The van der Waals surface area contributed by atoms with Crippen LogP contribution in [0.5, 0.6) is 0 Å². The SMILES string of the molecule is O=C(NNC(=O)C(F)(F)F)c1ccc(CC2CN(C(=O)Nc3ccc(F)cc3)CCO2)c(F)c1. The van der Waals surface area contributed by atoms with Crippen LogP contribution in [0.3, 0.4) is 0 Å². The molecule has 0 aliphatic carbocycles. The van der Waals surface area contributed by atoms with Crippen LogP contribution < -0.4 is 16.2 Å². The first-order valence-corrected chi connectivity index (χ1v) is 9.92. The normalized spacial score (nSPS) is 16.0. The third kappa shape index (κ3) is 6.63. The van der Waals surface area contributed by atoms with E-state index < -0.39 is 41.8 Å². The molecule has 1 heterocycles. The number of halogens is 5. The topological polar surface area (TPSA) is 99.8 Å². The number of ether oxygens (including phenoxy) is 1. The number of benzene rings is 2. The van der Waals surface area contributed by atoms with Crippen molar-refractivity contribution < 1.29 is 41.1 Å². The van der Waals surface area contributed by atoms with E-state index in [9.17, 15) is 36.3 Å². The zero-order chi connectivity index (χ0) is 24.9. The fraction of sp³-hybridized carbons (Fsp3) is 0.286. The van der Waals surface area contributed by atoms with Gasteiger partial charge in [0, 0.05) is 30.8 Å². The molecular weight excluding hydrogens is 467 g/mol. The minimum atomic E-state index is -5.19. The third-order valence-electron chi connectivity index (χ3n) is 4.83. The smallest absolute Gasteiger partial charge is 0.374 e. The van der Waals surface area contributed by atoms with Crippen LogP contribution in [-0.4, -0.2) is 54.7 Å². The minimum Gasteiger partial charge on any atom is -0.374 e. The highest BCUT2D eigenvalue weighted by atomic mass is 19.4. The van der Waals surface area contributed by atoms with Crippen molar-refractivity contribution in [2.75, 3.05) is 25.0 Å². The maximum atomic E-state index is 14.5. The summed E-state index contributed by atoms with van der Waals surface area (Å²) in [5.74, 6) is -4.77. The number of nitrogens with zero attached hydrogens (tertiary/aromatic N) is 1. The van der Waals surface area contributed by atoms with Crippen molar-refractivity contribution in [2.24, 2.45) is 0 Å². The van der Waals surface area contributed by atoms with Gasteiger partial charge in [-0.1, -0.05) is 6.07 Å². The van der Waals surface area contributed by atoms with Crippen LogP contribution in [0.1, 0.15) is 15.9 Å². The molecule has 0 aromatic heterocycles. The van der Waals surface area contributed by atoms with E-state index in [0.29, 0.717) is 5.69 Å². The molecule has 1 aliphatic rings. The largest absolute Gasteiger partial charge is 0.472 e.